The molecule has 0 fully saturated rings. The minimum atomic E-state index is -4.67. The average molecular weight is 192 g/mol. The van der Waals surface area contributed by atoms with E-state index in [1.165, 1.54) is 0 Å². The minimum absolute atomic E-state index is 0. The molecule has 0 aromatic rings. The Morgan fingerprint density at radius 2 is 1.09 bits per heavy atom. The number of carbonyl (C=O) groups is 1. The Hall–Kier alpha value is 0.737. The van der Waals surface area contributed by atoms with Crippen LogP contribution in [0.15, 0.2) is 0 Å². The van der Waals surface area contributed by atoms with Gasteiger partial charge in [0.1, 0.15) is 0 Å². The van der Waals surface area contributed by atoms with Gasteiger partial charge in [0, 0.05) is 0 Å². The second-order valence-electron chi connectivity index (χ2n) is 0.730. The molecule has 0 saturated heterocycles. The molecule has 0 atom stereocenters. The van der Waals surface area contributed by atoms with Crippen LogP contribution in [-0.4, -0.2) is 82.3 Å². The first-order valence-corrected chi connectivity index (χ1v) is 2.75. The van der Waals surface area contributed by atoms with Gasteiger partial charge in [-0.3, -0.25) is 9.11 Å². The van der Waals surface area contributed by atoms with Crippen molar-refractivity contribution in [1.82, 2.24) is 0 Å². The summed E-state index contributed by atoms with van der Waals surface area (Å²) in [6, 6.07) is 0. The van der Waals surface area contributed by atoms with E-state index in [4.69, 9.17) is 32.5 Å². The summed E-state index contributed by atoms with van der Waals surface area (Å²) in [6.45, 7) is 0. The van der Waals surface area contributed by atoms with Gasteiger partial charge in [0.15, 0.2) is 0 Å². The van der Waals surface area contributed by atoms with Crippen molar-refractivity contribution in [2.45, 2.75) is 0 Å². The molecule has 11 heavy (non-hydrogen) atoms. The van der Waals surface area contributed by atoms with Crippen molar-refractivity contribution in [3.8, 4) is 0 Å². The van der Waals surface area contributed by atoms with E-state index in [0.29, 0.717) is 0 Å². The molecule has 0 aliphatic carbocycles. The molecule has 0 unspecified atom stereocenters. The molecule has 0 bridgehead atoms. The summed E-state index contributed by atoms with van der Waals surface area (Å²) in [6.07, 6.45) is -1.83. The van der Waals surface area contributed by atoms with Crippen molar-refractivity contribution in [3.63, 3.8) is 0 Å². The van der Waals surface area contributed by atoms with Crippen LogP contribution >= 0.6 is 0 Å². The van der Waals surface area contributed by atoms with Crippen molar-refractivity contribution >= 4 is 65.0 Å². The molecule has 0 radical (unpaired) electrons. The molecule has 0 aliphatic rings. The average Bonchev–Trinajstić information content (AvgIpc) is 1.19. The summed E-state index contributed by atoms with van der Waals surface area (Å²) >= 11 is 0. The molecule has 0 aliphatic heterocycles. The van der Waals surface area contributed by atoms with Crippen LogP contribution in [0.5, 0.6) is 0 Å². The Labute approximate surface area is 96.8 Å². The fourth-order valence-corrected chi connectivity index (χ4v) is 0. The zero-order valence-electron chi connectivity index (χ0n) is 3.92. The number of hydrogen-bond donors (Lipinski definition) is 4. The van der Waals surface area contributed by atoms with Gasteiger partial charge in [-0.05, 0) is 0 Å². The van der Waals surface area contributed by atoms with Gasteiger partial charge in [0.25, 0.3) is 0 Å². The molecule has 0 spiro atoms. The fourth-order valence-electron chi connectivity index (χ4n) is 0. The quantitative estimate of drug-likeness (QED) is 0.265. The van der Waals surface area contributed by atoms with Crippen LogP contribution in [0.25, 0.3) is 0 Å². The first kappa shape index (κ1) is 22.6. The SMILES string of the molecule is O=C(O)O.O=S(=O)(O)O.[LiH].[NaH]. The molecule has 7 nitrogen and oxygen atoms in total. The van der Waals surface area contributed by atoms with Crippen LogP contribution < -0.4 is 0 Å². The monoisotopic (exact) mass is 192 g/mol. The third kappa shape index (κ3) is 1510. The Morgan fingerprint density at radius 3 is 1.09 bits per heavy atom. The fraction of sp³-hybridized carbons (Fsp3) is 0. The molecular weight excluding hydrogens is 186 g/mol. The number of carboxylic acid groups (broad SMARTS) is 2. The van der Waals surface area contributed by atoms with E-state index in [1.807, 2.05) is 0 Å². The first-order chi connectivity index (χ1) is 3.73. The van der Waals surface area contributed by atoms with Gasteiger partial charge >= 0.3 is 65.0 Å². The van der Waals surface area contributed by atoms with E-state index in [0.717, 1.165) is 0 Å². The maximum atomic E-state index is 8.74. The summed E-state index contributed by atoms with van der Waals surface area (Å²) in [7, 11) is -4.67. The predicted octanol–water partition coefficient (Wildman–Crippen LogP) is -1.73. The molecule has 4 N–H and O–H groups in total. The van der Waals surface area contributed by atoms with Crippen molar-refractivity contribution in [1.29, 1.82) is 0 Å². The van der Waals surface area contributed by atoms with Crippen molar-refractivity contribution in [3.05, 3.63) is 0 Å². The number of hydrogen-bond acceptors (Lipinski definition) is 3. The molecule has 0 rings (SSSR count). The summed E-state index contributed by atoms with van der Waals surface area (Å²) in [5.41, 5.74) is 0. The zero-order valence-corrected chi connectivity index (χ0v) is 4.74. The molecule has 0 aromatic heterocycles. The summed E-state index contributed by atoms with van der Waals surface area (Å²) in [4.78, 5) is 8.56. The van der Waals surface area contributed by atoms with Gasteiger partial charge in [-0.15, -0.1) is 0 Å². The van der Waals surface area contributed by atoms with Crippen LogP contribution in [0, 0.1) is 0 Å². The normalized spacial score (nSPS) is 7.45. The Kier molecular flexibility index (Phi) is 22.1. The summed E-state index contributed by atoms with van der Waals surface area (Å²) < 4.78 is 31.6. The molecule has 0 amide bonds. The summed E-state index contributed by atoms with van der Waals surface area (Å²) in [5.74, 6) is 0. The van der Waals surface area contributed by atoms with Gasteiger partial charge in [-0.1, -0.05) is 0 Å². The molecule has 0 aromatic carbocycles. The third-order valence-corrected chi connectivity index (χ3v) is 0. The summed E-state index contributed by atoms with van der Waals surface area (Å²) in [5, 5.41) is 13.9. The van der Waals surface area contributed by atoms with E-state index in [-0.39, 0.29) is 48.4 Å². The van der Waals surface area contributed by atoms with Crippen molar-refractivity contribution in [2.75, 3.05) is 0 Å². The van der Waals surface area contributed by atoms with E-state index in [2.05, 4.69) is 0 Å². The van der Waals surface area contributed by atoms with E-state index >= 15 is 0 Å². The molecule has 0 heterocycles. The van der Waals surface area contributed by atoms with Gasteiger partial charge in [-0.2, -0.15) is 8.42 Å². The van der Waals surface area contributed by atoms with Gasteiger partial charge in [0.05, 0.1) is 0 Å². The van der Waals surface area contributed by atoms with Gasteiger partial charge < -0.3 is 10.2 Å². The van der Waals surface area contributed by atoms with Crippen molar-refractivity contribution < 1.29 is 32.5 Å². The van der Waals surface area contributed by atoms with Crippen LogP contribution in [-0.2, 0) is 10.4 Å². The second kappa shape index (κ2) is 10.7. The molecule has 60 valence electrons. The van der Waals surface area contributed by atoms with Gasteiger partial charge in [-0.25, -0.2) is 4.79 Å². The molecule has 10 heteroatoms. The first-order valence-electron chi connectivity index (χ1n) is 1.35. The van der Waals surface area contributed by atoms with E-state index < -0.39 is 16.6 Å². The second-order valence-corrected chi connectivity index (χ2v) is 1.63. The predicted molar refractivity (Wildman–Crippen MR) is 39.1 cm³/mol. The van der Waals surface area contributed by atoms with Crippen LogP contribution in [0.4, 0.5) is 4.79 Å². The van der Waals surface area contributed by atoms with E-state index in [9.17, 15) is 0 Å². The van der Waals surface area contributed by atoms with Crippen LogP contribution in [0.3, 0.4) is 0 Å². The van der Waals surface area contributed by atoms with Gasteiger partial charge in [0.2, 0.25) is 0 Å². The van der Waals surface area contributed by atoms with E-state index in [1.54, 1.807) is 0 Å². The topological polar surface area (TPSA) is 132 Å². The molecule has 0 saturated carbocycles. The Bertz CT molecular complexity index is 161. The Balaban J connectivity index is -0.0000000383. The molecular formula is CH6LiNaO7S. The van der Waals surface area contributed by atoms with Crippen LogP contribution in [0.1, 0.15) is 0 Å². The van der Waals surface area contributed by atoms with Crippen molar-refractivity contribution in [2.24, 2.45) is 0 Å². The Morgan fingerprint density at radius 1 is 1.09 bits per heavy atom. The van der Waals surface area contributed by atoms with Crippen LogP contribution in [0.2, 0.25) is 0 Å². The standard InChI is InChI=1S/CH2O3.Li.Na.H2O4S.2H/c2-1(3)4;;;1-5(2,3)4;;/h(H2,2,3,4);;;(H2,1,2,3,4);;. The number of rotatable bonds is 0. The zero-order chi connectivity index (χ0) is 8.08. The third-order valence-electron chi connectivity index (χ3n) is 0. The maximum absolute atomic E-state index is 8.74.